The number of ether oxygens (including phenoxy) is 1. The van der Waals surface area contributed by atoms with Crippen LogP contribution in [-0.2, 0) is 22.5 Å². The zero-order valence-corrected chi connectivity index (χ0v) is 16.0. The van der Waals surface area contributed by atoms with E-state index >= 15 is 0 Å². The molecule has 1 aliphatic heterocycles. The smallest absolute Gasteiger partial charge is 0.325 e. The predicted molar refractivity (Wildman–Crippen MR) is 105 cm³/mol. The van der Waals surface area contributed by atoms with E-state index in [2.05, 4.69) is 15.4 Å². The molecule has 3 amide bonds. The molecule has 2 aromatic carbocycles. The van der Waals surface area contributed by atoms with E-state index in [0.717, 1.165) is 28.8 Å². The van der Waals surface area contributed by atoms with E-state index in [1.807, 2.05) is 49.4 Å². The van der Waals surface area contributed by atoms with Gasteiger partial charge < -0.3 is 20.3 Å². The van der Waals surface area contributed by atoms with Gasteiger partial charge in [-0.25, -0.2) is 4.79 Å². The number of urea groups is 1. The third-order valence-electron chi connectivity index (χ3n) is 4.63. The van der Waals surface area contributed by atoms with E-state index in [1.165, 1.54) is 7.11 Å². The second-order valence-corrected chi connectivity index (χ2v) is 6.65. The molecule has 28 heavy (non-hydrogen) atoms. The standard InChI is InChI=1S/C21H23N3O4/c1-14-4-3-5-17(10-14)20(26)24-9-8-16-7-6-15(11-18(16)24)12-22-21(27)23-13-19(25)28-2/h3-7,10-11H,8-9,12-13H2,1-2H3,(H2,22,23,27). The predicted octanol–water partition coefficient (Wildman–Crippen LogP) is 2.17. The van der Waals surface area contributed by atoms with Crippen LogP contribution in [0.2, 0.25) is 0 Å². The molecular formula is C21H23N3O4. The van der Waals surface area contributed by atoms with Crippen LogP contribution in [0.1, 0.15) is 27.0 Å². The molecule has 0 radical (unpaired) electrons. The number of anilines is 1. The molecule has 0 atom stereocenters. The van der Waals surface area contributed by atoms with Crippen molar-refractivity contribution < 1.29 is 19.1 Å². The Hall–Kier alpha value is -3.35. The molecule has 7 heteroatoms. The number of amides is 3. The minimum atomic E-state index is -0.516. The van der Waals surface area contributed by atoms with Gasteiger partial charge in [0, 0.05) is 24.3 Å². The summed E-state index contributed by atoms with van der Waals surface area (Å²) >= 11 is 0. The first-order valence-corrected chi connectivity index (χ1v) is 9.07. The molecule has 7 nitrogen and oxygen atoms in total. The van der Waals surface area contributed by atoms with Crippen molar-refractivity contribution >= 4 is 23.6 Å². The number of aryl methyl sites for hydroxylation is 1. The number of methoxy groups -OCH3 is 1. The highest BCUT2D eigenvalue weighted by Gasteiger charge is 2.25. The van der Waals surface area contributed by atoms with E-state index in [0.29, 0.717) is 12.1 Å². The fraction of sp³-hybridized carbons (Fsp3) is 0.286. The number of rotatable bonds is 5. The summed E-state index contributed by atoms with van der Waals surface area (Å²) in [4.78, 5) is 37.5. The fourth-order valence-corrected chi connectivity index (χ4v) is 3.15. The van der Waals surface area contributed by atoms with Crippen LogP contribution in [0.3, 0.4) is 0 Å². The van der Waals surface area contributed by atoms with Crippen LogP contribution in [0.4, 0.5) is 10.5 Å². The lowest BCUT2D eigenvalue weighted by molar-refractivity contribution is -0.139. The van der Waals surface area contributed by atoms with Crippen LogP contribution in [-0.4, -0.2) is 38.1 Å². The van der Waals surface area contributed by atoms with Crippen molar-refractivity contribution in [3.8, 4) is 0 Å². The van der Waals surface area contributed by atoms with Crippen LogP contribution in [0.5, 0.6) is 0 Å². The number of nitrogens with one attached hydrogen (secondary N) is 2. The van der Waals surface area contributed by atoms with Crippen molar-refractivity contribution in [2.24, 2.45) is 0 Å². The molecule has 2 N–H and O–H groups in total. The maximum absolute atomic E-state index is 12.9. The number of carbonyl (C=O) groups excluding carboxylic acids is 3. The van der Waals surface area contributed by atoms with Crippen molar-refractivity contribution in [3.05, 3.63) is 64.7 Å². The first-order chi connectivity index (χ1) is 13.5. The summed E-state index contributed by atoms with van der Waals surface area (Å²) in [7, 11) is 1.26. The number of nitrogens with zero attached hydrogens (tertiary/aromatic N) is 1. The fourth-order valence-electron chi connectivity index (χ4n) is 3.15. The quantitative estimate of drug-likeness (QED) is 0.777. The number of hydrogen-bond acceptors (Lipinski definition) is 4. The lowest BCUT2D eigenvalue weighted by Gasteiger charge is -2.18. The molecule has 0 unspecified atom stereocenters. The zero-order valence-electron chi connectivity index (χ0n) is 16.0. The van der Waals surface area contributed by atoms with Gasteiger partial charge in [-0.05, 0) is 42.7 Å². The Bertz CT molecular complexity index is 910. The highest BCUT2D eigenvalue weighted by molar-refractivity contribution is 6.07. The number of carbonyl (C=O) groups is 3. The van der Waals surface area contributed by atoms with Crippen LogP contribution in [0.25, 0.3) is 0 Å². The van der Waals surface area contributed by atoms with Gasteiger partial charge in [-0.3, -0.25) is 9.59 Å². The Morgan fingerprint density at radius 2 is 1.93 bits per heavy atom. The van der Waals surface area contributed by atoms with Crippen LogP contribution in [0.15, 0.2) is 42.5 Å². The summed E-state index contributed by atoms with van der Waals surface area (Å²) in [5, 5.41) is 5.11. The summed E-state index contributed by atoms with van der Waals surface area (Å²) in [6.07, 6.45) is 0.806. The molecule has 0 saturated heterocycles. The largest absolute Gasteiger partial charge is 0.468 e. The van der Waals surface area contributed by atoms with Gasteiger partial charge in [-0.15, -0.1) is 0 Å². The second-order valence-electron chi connectivity index (χ2n) is 6.65. The van der Waals surface area contributed by atoms with Crippen molar-refractivity contribution in [1.29, 1.82) is 0 Å². The van der Waals surface area contributed by atoms with Crippen LogP contribution < -0.4 is 15.5 Å². The summed E-state index contributed by atoms with van der Waals surface area (Å²) in [5.74, 6) is -0.540. The minimum absolute atomic E-state index is 0.0246. The van der Waals surface area contributed by atoms with Gasteiger partial charge in [0.15, 0.2) is 0 Å². The summed E-state index contributed by atoms with van der Waals surface area (Å²) in [6, 6.07) is 12.9. The molecule has 0 aliphatic carbocycles. The molecule has 0 spiro atoms. The summed E-state index contributed by atoms with van der Waals surface area (Å²) < 4.78 is 4.47. The monoisotopic (exact) mass is 381 g/mol. The number of esters is 1. The molecule has 1 heterocycles. The number of hydrogen-bond donors (Lipinski definition) is 2. The summed E-state index contributed by atoms with van der Waals surface area (Å²) in [6.45, 7) is 2.69. The van der Waals surface area contributed by atoms with Gasteiger partial charge in [-0.1, -0.05) is 29.8 Å². The first kappa shape index (κ1) is 19.4. The molecular weight excluding hydrogens is 358 g/mol. The molecule has 0 saturated carbocycles. The molecule has 0 fully saturated rings. The van der Waals surface area contributed by atoms with E-state index in [1.54, 1.807) is 4.90 Å². The Morgan fingerprint density at radius 1 is 1.11 bits per heavy atom. The topological polar surface area (TPSA) is 87.7 Å². The van der Waals surface area contributed by atoms with Crippen molar-refractivity contribution in [3.63, 3.8) is 0 Å². The zero-order chi connectivity index (χ0) is 20.1. The van der Waals surface area contributed by atoms with Gasteiger partial charge in [0.05, 0.1) is 7.11 Å². The third kappa shape index (κ3) is 4.49. The molecule has 0 bridgehead atoms. The highest BCUT2D eigenvalue weighted by atomic mass is 16.5. The van der Waals surface area contributed by atoms with Gasteiger partial charge in [0.25, 0.3) is 5.91 Å². The molecule has 3 rings (SSSR count). The van der Waals surface area contributed by atoms with Crippen molar-refractivity contribution in [2.75, 3.05) is 25.1 Å². The van der Waals surface area contributed by atoms with E-state index in [-0.39, 0.29) is 19.0 Å². The summed E-state index contributed by atoms with van der Waals surface area (Å²) in [5.41, 5.74) is 4.57. The van der Waals surface area contributed by atoms with E-state index < -0.39 is 12.0 Å². The molecule has 146 valence electrons. The Labute approximate surface area is 163 Å². The average molecular weight is 381 g/mol. The lowest BCUT2D eigenvalue weighted by Crippen LogP contribution is -2.38. The maximum Gasteiger partial charge on any atom is 0.325 e. The second kappa shape index (κ2) is 8.56. The van der Waals surface area contributed by atoms with Crippen molar-refractivity contribution in [2.45, 2.75) is 19.9 Å². The highest BCUT2D eigenvalue weighted by Crippen LogP contribution is 2.30. The van der Waals surface area contributed by atoms with Crippen molar-refractivity contribution in [1.82, 2.24) is 10.6 Å². The van der Waals surface area contributed by atoms with Gasteiger partial charge >= 0.3 is 12.0 Å². The molecule has 0 aromatic heterocycles. The van der Waals surface area contributed by atoms with E-state index in [4.69, 9.17) is 0 Å². The minimum Gasteiger partial charge on any atom is -0.468 e. The molecule has 2 aromatic rings. The number of fused-ring (bicyclic) bond motifs is 1. The average Bonchev–Trinajstić information content (AvgIpc) is 3.13. The maximum atomic E-state index is 12.9. The normalized spacial score (nSPS) is 12.3. The van der Waals surface area contributed by atoms with Gasteiger partial charge in [0.1, 0.15) is 6.54 Å². The molecule has 1 aliphatic rings. The van der Waals surface area contributed by atoms with Crippen LogP contribution >= 0.6 is 0 Å². The lowest BCUT2D eigenvalue weighted by atomic mass is 10.1. The SMILES string of the molecule is COC(=O)CNC(=O)NCc1ccc2c(c1)N(C(=O)c1cccc(C)c1)CC2. The Morgan fingerprint density at radius 3 is 2.68 bits per heavy atom. The number of benzene rings is 2. The van der Waals surface area contributed by atoms with E-state index in [9.17, 15) is 14.4 Å². The first-order valence-electron chi connectivity index (χ1n) is 9.07. The van der Waals surface area contributed by atoms with Crippen LogP contribution in [0, 0.1) is 6.92 Å². The third-order valence-corrected chi connectivity index (χ3v) is 4.63. The Kier molecular flexibility index (Phi) is 5.93. The van der Waals surface area contributed by atoms with Gasteiger partial charge in [-0.2, -0.15) is 0 Å². The Balaban J connectivity index is 1.67. The van der Waals surface area contributed by atoms with Gasteiger partial charge in [0.2, 0.25) is 0 Å².